The Morgan fingerprint density at radius 3 is 1.71 bits per heavy atom. The molecule has 4 atom stereocenters. The SMILES string of the molecule is CC(O)C(NC(=O)CN)C(=O)NC(CCCN=C(N)N)C(=O)NC(CCCN=C(N)N)C(=O)O. The summed E-state index contributed by atoms with van der Waals surface area (Å²) in [6.07, 6.45) is -0.719. The minimum atomic E-state index is -1.39. The molecule has 0 aromatic carbocycles. The minimum Gasteiger partial charge on any atom is -0.480 e. The third kappa shape index (κ3) is 13.0. The van der Waals surface area contributed by atoms with Gasteiger partial charge >= 0.3 is 5.97 Å². The van der Waals surface area contributed by atoms with Gasteiger partial charge in [-0.2, -0.15) is 0 Å². The van der Waals surface area contributed by atoms with E-state index in [-0.39, 0.29) is 50.7 Å². The fraction of sp³-hybridized carbons (Fsp3) is 0.667. The molecule has 0 rings (SSSR count). The summed E-state index contributed by atoms with van der Waals surface area (Å²) in [5, 5.41) is 26.3. The Kier molecular flexibility index (Phi) is 14.3. The van der Waals surface area contributed by atoms with Crippen molar-refractivity contribution >= 4 is 35.6 Å². The molecule has 0 spiro atoms. The topological polar surface area (TPSA) is 300 Å². The number of hydrogen-bond donors (Lipinski definition) is 10. The molecule has 0 heterocycles. The Morgan fingerprint density at radius 2 is 1.29 bits per heavy atom. The maximum atomic E-state index is 12.8. The van der Waals surface area contributed by atoms with Crippen LogP contribution in [-0.2, 0) is 19.2 Å². The van der Waals surface area contributed by atoms with Crippen molar-refractivity contribution in [1.29, 1.82) is 0 Å². The second-order valence-corrected chi connectivity index (χ2v) is 7.35. The minimum absolute atomic E-state index is 0.0232. The number of rotatable bonds is 16. The van der Waals surface area contributed by atoms with Gasteiger partial charge in [-0.3, -0.25) is 24.4 Å². The first-order valence-corrected chi connectivity index (χ1v) is 10.5. The number of nitrogens with one attached hydrogen (secondary N) is 3. The zero-order valence-corrected chi connectivity index (χ0v) is 19.1. The molecule has 16 heteroatoms. The molecule has 0 saturated heterocycles. The average Bonchev–Trinajstić information content (AvgIpc) is 2.74. The molecule has 0 aliphatic heterocycles. The quantitative estimate of drug-likeness (QED) is 0.0556. The van der Waals surface area contributed by atoms with Crippen molar-refractivity contribution in [1.82, 2.24) is 16.0 Å². The van der Waals surface area contributed by atoms with Crippen LogP contribution in [0.1, 0.15) is 32.6 Å². The van der Waals surface area contributed by atoms with Gasteiger partial charge in [-0.25, -0.2) is 4.79 Å². The highest BCUT2D eigenvalue weighted by molar-refractivity contribution is 5.93. The van der Waals surface area contributed by atoms with E-state index in [1.165, 1.54) is 6.92 Å². The second kappa shape index (κ2) is 16.0. The number of aliphatic hydroxyl groups excluding tert-OH is 1. The van der Waals surface area contributed by atoms with Crippen LogP contribution in [0.15, 0.2) is 9.98 Å². The third-order valence-electron chi connectivity index (χ3n) is 4.40. The van der Waals surface area contributed by atoms with E-state index in [0.29, 0.717) is 0 Å². The normalized spacial score (nSPS) is 14.0. The summed E-state index contributed by atoms with van der Waals surface area (Å²) in [6, 6.07) is -3.88. The summed E-state index contributed by atoms with van der Waals surface area (Å²) >= 11 is 0. The van der Waals surface area contributed by atoms with Crippen molar-refractivity contribution < 1.29 is 29.4 Å². The summed E-state index contributed by atoms with van der Waals surface area (Å²) in [4.78, 5) is 56.2. The predicted octanol–water partition coefficient (Wildman–Crippen LogP) is -5.03. The van der Waals surface area contributed by atoms with Crippen molar-refractivity contribution in [3.05, 3.63) is 0 Å². The van der Waals surface area contributed by atoms with Crippen LogP contribution in [-0.4, -0.2) is 89.7 Å². The molecule has 0 saturated carbocycles. The molecule has 0 aliphatic rings. The first-order valence-electron chi connectivity index (χ1n) is 10.5. The van der Waals surface area contributed by atoms with Gasteiger partial charge in [0.25, 0.3) is 0 Å². The van der Waals surface area contributed by atoms with Gasteiger partial charge in [0.15, 0.2) is 11.9 Å². The van der Waals surface area contributed by atoms with Gasteiger partial charge in [0.1, 0.15) is 18.1 Å². The van der Waals surface area contributed by atoms with Gasteiger partial charge in [0, 0.05) is 13.1 Å². The number of aliphatic carboxylic acids is 1. The summed E-state index contributed by atoms with van der Waals surface area (Å²) < 4.78 is 0. The Labute approximate surface area is 196 Å². The smallest absolute Gasteiger partial charge is 0.326 e. The number of aliphatic hydroxyl groups is 1. The molecule has 0 radical (unpaired) electrons. The molecule has 194 valence electrons. The van der Waals surface area contributed by atoms with Gasteiger partial charge < -0.3 is 54.8 Å². The average molecular weight is 489 g/mol. The van der Waals surface area contributed by atoms with Crippen LogP contribution in [0.4, 0.5) is 0 Å². The van der Waals surface area contributed by atoms with Crippen LogP contribution in [0.25, 0.3) is 0 Å². The third-order valence-corrected chi connectivity index (χ3v) is 4.40. The Hall–Kier alpha value is -3.66. The molecule has 0 bridgehead atoms. The molecule has 0 fully saturated rings. The highest BCUT2D eigenvalue weighted by atomic mass is 16.4. The van der Waals surface area contributed by atoms with Crippen LogP contribution in [0.5, 0.6) is 0 Å². The van der Waals surface area contributed by atoms with E-state index in [0.717, 1.165) is 0 Å². The van der Waals surface area contributed by atoms with Crippen LogP contribution >= 0.6 is 0 Å². The molecular formula is C18H36N10O6. The van der Waals surface area contributed by atoms with E-state index >= 15 is 0 Å². The Morgan fingerprint density at radius 1 is 0.824 bits per heavy atom. The maximum absolute atomic E-state index is 12.8. The van der Waals surface area contributed by atoms with E-state index in [1.807, 2.05) is 0 Å². The summed E-state index contributed by atoms with van der Waals surface area (Å²) in [6.45, 7) is 1.16. The van der Waals surface area contributed by atoms with Crippen LogP contribution in [0, 0.1) is 0 Å². The number of amides is 3. The van der Waals surface area contributed by atoms with Gasteiger partial charge in [0.05, 0.1) is 12.6 Å². The summed E-state index contributed by atoms with van der Waals surface area (Å²) in [7, 11) is 0. The van der Waals surface area contributed by atoms with E-state index in [2.05, 4.69) is 25.9 Å². The molecule has 0 aromatic rings. The number of carbonyl (C=O) groups is 4. The molecule has 15 N–H and O–H groups in total. The lowest BCUT2D eigenvalue weighted by atomic mass is 10.1. The number of nitrogens with zero attached hydrogens (tertiary/aromatic N) is 2. The van der Waals surface area contributed by atoms with Crippen molar-refractivity contribution in [3.8, 4) is 0 Å². The van der Waals surface area contributed by atoms with E-state index in [4.69, 9.17) is 28.7 Å². The standard InChI is InChI=1S/C18H36N10O6/c1-9(29)13(28-12(30)8-19)15(32)26-10(4-2-6-24-17(20)21)14(31)27-11(16(33)34)5-3-7-25-18(22)23/h9-11,13,29H,2-8,19H2,1H3,(H,26,32)(H,27,31)(H,28,30)(H,33,34)(H4,20,21,24)(H4,22,23,25). The number of guanidine groups is 2. The van der Waals surface area contributed by atoms with Crippen LogP contribution < -0.4 is 44.6 Å². The first kappa shape index (κ1) is 30.3. The lowest BCUT2D eigenvalue weighted by Gasteiger charge is -2.25. The van der Waals surface area contributed by atoms with E-state index in [9.17, 15) is 29.4 Å². The summed E-state index contributed by atoms with van der Waals surface area (Å²) in [5.41, 5.74) is 26.2. The first-order chi connectivity index (χ1) is 15.9. The molecule has 0 aromatic heterocycles. The highest BCUT2D eigenvalue weighted by Crippen LogP contribution is 2.05. The van der Waals surface area contributed by atoms with Crippen LogP contribution in [0.2, 0.25) is 0 Å². The van der Waals surface area contributed by atoms with E-state index in [1.54, 1.807) is 0 Å². The molecule has 34 heavy (non-hydrogen) atoms. The zero-order chi connectivity index (χ0) is 26.3. The number of carboxylic acids is 1. The van der Waals surface area contributed by atoms with Gasteiger partial charge in [0.2, 0.25) is 17.7 Å². The highest BCUT2D eigenvalue weighted by Gasteiger charge is 2.31. The largest absolute Gasteiger partial charge is 0.480 e. The van der Waals surface area contributed by atoms with Gasteiger partial charge in [-0.1, -0.05) is 0 Å². The fourth-order valence-electron chi connectivity index (χ4n) is 2.70. The van der Waals surface area contributed by atoms with Crippen molar-refractivity contribution in [2.75, 3.05) is 19.6 Å². The Bertz CT molecular complexity index is 750. The fourth-order valence-corrected chi connectivity index (χ4v) is 2.70. The van der Waals surface area contributed by atoms with Crippen molar-refractivity contribution in [2.24, 2.45) is 38.7 Å². The van der Waals surface area contributed by atoms with Crippen LogP contribution in [0.3, 0.4) is 0 Å². The summed E-state index contributed by atoms with van der Waals surface area (Å²) in [5.74, 6) is -3.94. The van der Waals surface area contributed by atoms with Gasteiger partial charge in [-0.05, 0) is 32.6 Å². The lowest BCUT2D eigenvalue weighted by Crippen LogP contribution is -2.58. The predicted molar refractivity (Wildman–Crippen MR) is 124 cm³/mol. The maximum Gasteiger partial charge on any atom is 0.326 e. The van der Waals surface area contributed by atoms with Crippen molar-refractivity contribution in [2.45, 2.75) is 56.8 Å². The van der Waals surface area contributed by atoms with Gasteiger partial charge in [-0.15, -0.1) is 0 Å². The number of aliphatic imine (C=N–C) groups is 2. The number of carbonyl (C=O) groups excluding carboxylic acids is 3. The van der Waals surface area contributed by atoms with Crippen molar-refractivity contribution in [3.63, 3.8) is 0 Å². The Balaban J connectivity index is 5.42. The number of nitrogens with two attached hydrogens (primary N) is 5. The number of carboxylic acid groups (broad SMARTS) is 1. The molecule has 0 aliphatic carbocycles. The monoisotopic (exact) mass is 488 g/mol. The molecule has 16 nitrogen and oxygen atoms in total. The molecule has 4 unspecified atom stereocenters. The lowest BCUT2D eigenvalue weighted by molar-refractivity contribution is -0.142. The van der Waals surface area contributed by atoms with E-state index < -0.39 is 54.5 Å². The molecular weight excluding hydrogens is 452 g/mol. The second-order valence-electron chi connectivity index (χ2n) is 7.35. The number of hydrogen-bond acceptors (Lipinski definition) is 8. The zero-order valence-electron chi connectivity index (χ0n) is 19.1. The molecule has 3 amide bonds.